The summed E-state index contributed by atoms with van der Waals surface area (Å²) in [5.41, 5.74) is 5.50. The van der Waals surface area contributed by atoms with Crippen LogP contribution < -0.4 is 16.4 Å². The molecular formula is C10H20ClN3O2. The van der Waals surface area contributed by atoms with Crippen LogP contribution in [0.15, 0.2) is 0 Å². The molecule has 0 aromatic rings. The van der Waals surface area contributed by atoms with Gasteiger partial charge in [0.2, 0.25) is 11.8 Å². The fourth-order valence-corrected chi connectivity index (χ4v) is 1.62. The third-order valence-corrected chi connectivity index (χ3v) is 2.38. The molecule has 1 aliphatic heterocycles. The first-order valence-electron chi connectivity index (χ1n) is 5.42. The van der Waals surface area contributed by atoms with E-state index in [0.717, 1.165) is 19.3 Å². The minimum Gasteiger partial charge on any atom is -0.354 e. The Kier molecular flexibility index (Phi) is 7.08. The molecule has 0 aromatic carbocycles. The fourth-order valence-electron chi connectivity index (χ4n) is 1.62. The van der Waals surface area contributed by atoms with Gasteiger partial charge in [0.05, 0.1) is 0 Å². The molecule has 1 saturated heterocycles. The van der Waals surface area contributed by atoms with Crippen molar-refractivity contribution in [2.45, 2.75) is 44.7 Å². The predicted molar refractivity (Wildman–Crippen MR) is 64.3 cm³/mol. The van der Waals surface area contributed by atoms with E-state index in [2.05, 4.69) is 10.6 Å². The molecule has 0 spiro atoms. The van der Waals surface area contributed by atoms with Gasteiger partial charge >= 0.3 is 0 Å². The minimum absolute atomic E-state index is 0. The predicted octanol–water partition coefficient (Wildman–Crippen LogP) is -0.0696. The zero-order valence-corrected chi connectivity index (χ0v) is 10.3. The van der Waals surface area contributed by atoms with Gasteiger partial charge in [-0.2, -0.15) is 0 Å². The summed E-state index contributed by atoms with van der Waals surface area (Å²) < 4.78 is 0. The highest BCUT2D eigenvalue weighted by molar-refractivity contribution is 5.87. The first kappa shape index (κ1) is 15.2. The smallest absolute Gasteiger partial charge is 0.242 e. The molecule has 16 heavy (non-hydrogen) atoms. The summed E-state index contributed by atoms with van der Waals surface area (Å²) in [5, 5.41) is 5.48. The highest BCUT2D eigenvalue weighted by Crippen LogP contribution is 2.05. The maximum atomic E-state index is 11.5. The summed E-state index contributed by atoms with van der Waals surface area (Å²) in [6.07, 6.45) is 2.92. The molecule has 2 unspecified atom stereocenters. The van der Waals surface area contributed by atoms with Crippen LogP contribution in [0, 0.1) is 0 Å². The van der Waals surface area contributed by atoms with E-state index in [1.165, 1.54) is 0 Å². The zero-order chi connectivity index (χ0) is 11.3. The Bertz CT molecular complexity index is 246. The molecule has 0 aliphatic carbocycles. The van der Waals surface area contributed by atoms with Crippen LogP contribution in [0.25, 0.3) is 0 Å². The third kappa shape index (κ3) is 5.32. The molecule has 94 valence electrons. The number of hydrogen-bond donors (Lipinski definition) is 3. The van der Waals surface area contributed by atoms with E-state index in [4.69, 9.17) is 5.73 Å². The zero-order valence-electron chi connectivity index (χ0n) is 9.49. The third-order valence-electron chi connectivity index (χ3n) is 2.38. The van der Waals surface area contributed by atoms with E-state index in [1.807, 2.05) is 0 Å². The van der Waals surface area contributed by atoms with Crippen molar-refractivity contribution in [2.75, 3.05) is 6.54 Å². The van der Waals surface area contributed by atoms with Crippen LogP contribution in [-0.4, -0.2) is 30.4 Å². The molecule has 0 bridgehead atoms. The Morgan fingerprint density at radius 1 is 1.62 bits per heavy atom. The number of amides is 2. The Labute approximate surface area is 102 Å². The van der Waals surface area contributed by atoms with Crippen LogP contribution in [0.5, 0.6) is 0 Å². The van der Waals surface area contributed by atoms with Crippen molar-refractivity contribution in [1.82, 2.24) is 10.6 Å². The van der Waals surface area contributed by atoms with E-state index in [1.54, 1.807) is 6.92 Å². The molecule has 5 nitrogen and oxygen atoms in total. The summed E-state index contributed by atoms with van der Waals surface area (Å²) in [6, 6.07) is -0.544. The lowest BCUT2D eigenvalue weighted by Crippen LogP contribution is -2.46. The van der Waals surface area contributed by atoms with Gasteiger partial charge in [-0.1, -0.05) is 0 Å². The van der Waals surface area contributed by atoms with Gasteiger partial charge in [-0.3, -0.25) is 9.59 Å². The van der Waals surface area contributed by atoms with Crippen molar-refractivity contribution in [2.24, 2.45) is 5.73 Å². The SMILES string of the molecule is CC(N)CC(=O)NC1CCCCNC1=O.Cl. The summed E-state index contributed by atoms with van der Waals surface area (Å²) in [7, 11) is 0. The number of nitrogens with one attached hydrogen (secondary N) is 2. The summed E-state index contributed by atoms with van der Waals surface area (Å²) in [5.74, 6) is -0.224. The quantitative estimate of drug-likeness (QED) is 0.655. The number of rotatable bonds is 3. The van der Waals surface area contributed by atoms with Crippen molar-refractivity contribution in [3.8, 4) is 0 Å². The molecule has 1 aliphatic rings. The summed E-state index contributed by atoms with van der Waals surface area (Å²) in [6.45, 7) is 2.48. The summed E-state index contributed by atoms with van der Waals surface area (Å²) in [4.78, 5) is 22.9. The fraction of sp³-hybridized carbons (Fsp3) is 0.800. The van der Waals surface area contributed by atoms with Gasteiger partial charge in [0.25, 0.3) is 0 Å². The van der Waals surface area contributed by atoms with Gasteiger partial charge in [-0.05, 0) is 26.2 Å². The molecule has 1 fully saturated rings. The second-order valence-electron chi connectivity index (χ2n) is 4.09. The van der Waals surface area contributed by atoms with Crippen molar-refractivity contribution in [3.05, 3.63) is 0 Å². The average Bonchev–Trinajstić information content (AvgIpc) is 2.30. The van der Waals surface area contributed by atoms with Gasteiger partial charge in [0.1, 0.15) is 6.04 Å². The van der Waals surface area contributed by atoms with Crippen LogP contribution in [0.2, 0.25) is 0 Å². The van der Waals surface area contributed by atoms with Crippen LogP contribution in [0.3, 0.4) is 0 Å². The highest BCUT2D eigenvalue weighted by Gasteiger charge is 2.22. The largest absolute Gasteiger partial charge is 0.354 e. The van der Waals surface area contributed by atoms with Crippen LogP contribution in [0.4, 0.5) is 0 Å². The van der Waals surface area contributed by atoms with Crippen LogP contribution in [-0.2, 0) is 9.59 Å². The van der Waals surface area contributed by atoms with E-state index in [0.29, 0.717) is 6.54 Å². The molecule has 2 amide bonds. The first-order chi connectivity index (χ1) is 7.09. The molecule has 4 N–H and O–H groups in total. The lowest BCUT2D eigenvalue weighted by Gasteiger charge is -2.15. The topological polar surface area (TPSA) is 84.2 Å². The Hall–Kier alpha value is -0.810. The Morgan fingerprint density at radius 2 is 2.31 bits per heavy atom. The second-order valence-corrected chi connectivity index (χ2v) is 4.09. The van der Waals surface area contributed by atoms with Crippen molar-refractivity contribution in [1.29, 1.82) is 0 Å². The van der Waals surface area contributed by atoms with Gasteiger partial charge in [0, 0.05) is 19.0 Å². The van der Waals surface area contributed by atoms with Gasteiger partial charge < -0.3 is 16.4 Å². The molecule has 2 atom stereocenters. The molecule has 0 aromatic heterocycles. The molecule has 6 heteroatoms. The first-order valence-corrected chi connectivity index (χ1v) is 5.42. The molecular weight excluding hydrogens is 230 g/mol. The average molecular weight is 250 g/mol. The monoisotopic (exact) mass is 249 g/mol. The van der Waals surface area contributed by atoms with E-state index in [9.17, 15) is 9.59 Å². The molecule has 1 rings (SSSR count). The lowest BCUT2D eigenvalue weighted by atomic mass is 10.1. The number of carbonyl (C=O) groups excluding carboxylic acids is 2. The number of hydrogen-bond acceptors (Lipinski definition) is 3. The van der Waals surface area contributed by atoms with Gasteiger partial charge in [0.15, 0.2) is 0 Å². The number of halogens is 1. The highest BCUT2D eigenvalue weighted by atomic mass is 35.5. The van der Waals surface area contributed by atoms with Gasteiger partial charge in [-0.15, -0.1) is 12.4 Å². The van der Waals surface area contributed by atoms with Crippen LogP contribution in [0.1, 0.15) is 32.6 Å². The second kappa shape index (κ2) is 7.46. The van der Waals surface area contributed by atoms with E-state index < -0.39 is 0 Å². The molecule has 1 heterocycles. The van der Waals surface area contributed by atoms with E-state index in [-0.39, 0.29) is 42.7 Å². The molecule has 0 saturated carbocycles. The maximum absolute atomic E-state index is 11.5. The summed E-state index contributed by atoms with van der Waals surface area (Å²) >= 11 is 0. The van der Waals surface area contributed by atoms with Crippen molar-refractivity contribution in [3.63, 3.8) is 0 Å². The van der Waals surface area contributed by atoms with Gasteiger partial charge in [-0.25, -0.2) is 0 Å². The van der Waals surface area contributed by atoms with Crippen LogP contribution >= 0.6 is 12.4 Å². The normalized spacial score (nSPS) is 22.4. The lowest BCUT2D eigenvalue weighted by molar-refractivity contribution is -0.129. The number of carbonyl (C=O) groups is 2. The Balaban J connectivity index is 0.00000225. The van der Waals surface area contributed by atoms with E-state index >= 15 is 0 Å². The molecule has 0 radical (unpaired) electrons. The maximum Gasteiger partial charge on any atom is 0.242 e. The number of nitrogens with two attached hydrogens (primary N) is 1. The minimum atomic E-state index is -0.376. The Morgan fingerprint density at radius 3 is 2.94 bits per heavy atom. The standard InChI is InChI=1S/C10H19N3O2.ClH/c1-7(11)6-9(14)13-8-4-2-3-5-12-10(8)15;/h7-8H,2-6,11H2,1H3,(H,12,15)(H,13,14);1H. The van der Waals surface area contributed by atoms with Crippen molar-refractivity contribution >= 4 is 24.2 Å². The van der Waals surface area contributed by atoms with Crippen molar-refractivity contribution < 1.29 is 9.59 Å².